The second-order valence-corrected chi connectivity index (χ2v) is 7.89. The first-order valence-corrected chi connectivity index (χ1v) is 9.95. The number of hydrogen-bond acceptors (Lipinski definition) is 0. The molecule has 2 aliphatic rings. The van der Waals surface area contributed by atoms with Crippen molar-refractivity contribution in [3.05, 3.63) is 136 Å². The minimum Gasteiger partial charge on any atom is -0.0837 e. The number of benzene rings is 4. The third-order valence-electron chi connectivity index (χ3n) is 6.15. The molecule has 6 rings (SSSR count). The molecule has 0 fully saturated rings. The molecular formula is C27H17Cl. The van der Waals surface area contributed by atoms with Gasteiger partial charge in [0.05, 0.1) is 5.41 Å². The number of fused-ring (bicyclic) bond motifs is 7. The molecule has 0 unspecified atom stereocenters. The van der Waals surface area contributed by atoms with Gasteiger partial charge in [0.2, 0.25) is 0 Å². The van der Waals surface area contributed by atoms with Crippen molar-refractivity contribution in [1.82, 2.24) is 0 Å². The summed E-state index contributed by atoms with van der Waals surface area (Å²) >= 11 is 6.79. The molecule has 0 amide bonds. The molecule has 2 aliphatic carbocycles. The topological polar surface area (TPSA) is 0 Å². The van der Waals surface area contributed by atoms with E-state index < -0.39 is 0 Å². The lowest BCUT2D eigenvalue weighted by Crippen LogP contribution is -2.22. The second kappa shape index (κ2) is 5.70. The van der Waals surface area contributed by atoms with Crippen molar-refractivity contribution in [3.63, 3.8) is 0 Å². The van der Waals surface area contributed by atoms with Crippen LogP contribution in [0.1, 0.15) is 27.8 Å². The van der Waals surface area contributed by atoms with Gasteiger partial charge in [-0.15, -0.1) is 0 Å². The summed E-state index contributed by atoms with van der Waals surface area (Å²) in [6, 6.07) is 34.5. The van der Waals surface area contributed by atoms with E-state index in [0.717, 1.165) is 10.6 Å². The lowest BCUT2D eigenvalue weighted by atomic mass is 9.74. The second-order valence-electron chi connectivity index (χ2n) is 7.49. The third-order valence-corrected chi connectivity index (χ3v) is 6.46. The van der Waals surface area contributed by atoms with Crippen molar-refractivity contribution < 1.29 is 0 Å². The van der Waals surface area contributed by atoms with Crippen LogP contribution in [0, 0.1) is 0 Å². The molecule has 0 aliphatic heterocycles. The molecule has 4 aromatic carbocycles. The fourth-order valence-corrected chi connectivity index (χ4v) is 5.33. The van der Waals surface area contributed by atoms with Crippen LogP contribution >= 0.6 is 11.6 Å². The molecule has 1 heteroatoms. The Morgan fingerprint density at radius 1 is 0.536 bits per heavy atom. The highest BCUT2D eigenvalue weighted by Gasteiger charge is 2.48. The van der Waals surface area contributed by atoms with Crippen molar-refractivity contribution in [2.45, 2.75) is 5.41 Å². The molecule has 0 bridgehead atoms. The van der Waals surface area contributed by atoms with Crippen LogP contribution in [0.5, 0.6) is 0 Å². The van der Waals surface area contributed by atoms with Crippen LogP contribution in [0.15, 0.2) is 103 Å². The highest BCUT2D eigenvalue weighted by atomic mass is 35.5. The van der Waals surface area contributed by atoms with Crippen molar-refractivity contribution in [1.29, 1.82) is 0 Å². The number of halogens is 1. The molecule has 1 spiro atoms. The Bertz CT molecular complexity index is 1220. The van der Waals surface area contributed by atoms with Gasteiger partial charge in [-0.05, 0) is 45.0 Å². The molecule has 0 N–H and O–H groups in total. The molecule has 4 aromatic rings. The SMILES string of the molecule is Clc1cccc2c1C(c1ccccc1)=CC21c2ccccc2-c2ccccc21. The first kappa shape index (κ1) is 15.9. The van der Waals surface area contributed by atoms with Gasteiger partial charge in [0.25, 0.3) is 0 Å². The first-order valence-electron chi connectivity index (χ1n) is 9.58. The molecule has 0 heterocycles. The van der Waals surface area contributed by atoms with E-state index in [4.69, 9.17) is 11.6 Å². The maximum Gasteiger partial charge on any atom is 0.0659 e. The summed E-state index contributed by atoms with van der Waals surface area (Å²) in [5.41, 5.74) is 9.86. The zero-order valence-electron chi connectivity index (χ0n) is 15.2. The predicted molar refractivity (Wildman–Crippen MR) is 117 cm³/mol. The van der Waals surface area contributed by atoms with Gasteiger partial charge in [-0.2, -0.15) is 0 Å². The van der Waals surface area contributed by atoms with Crippen LogP contribution < -0.4 is 0 Å². The van der Waals surface area contributed by atoms with Crippen LogP contribution in [0.2, 0.25) is 5.02 Å². The molecule has 0 saturated carbocycles. The summed E-state index contributed by atoms with van der Waals surface area (Å²) in [6.07, 6.45) is 2.43. The smallest absolute Gasteiger partial charge is 0.0659 e. The van der Waals surface area contributed by atoms with E-state index in [9.17, 15) is 0 Å². The lowest BCUT2D eigenvalue weighted by Gasteiger charge is -2.27. The average Bonchev–Trinajstić information content (AvgIpc) is 3.25. The Labute approximate surface area is 169 Å². The summed E-state index contributed by atoms with van der Waals surface area (Å²) in [4.78, 5) is 0. The molecule has 0 saturated heterocycles. The normalized spacial score (nSPS) is 15.1. The van der Waals surface area contributed by atoms with Crippen molar-refractivity contribution >= 4 is 17.2 Å². The Balaban J connectivity index is 1.78. The van der Waals surface area contributed by atoms with Gasteiger partial charge in [-0.1, -0.05) is 109 Å². The predicted octanol–water partition coefficient (Wildman–Crippen LogP) is 7.10. The Kier molecular flexibility index (Phi) is 3.24. The maximum absolute atomic E-state index is 6.79. The highest BCUT2D eigenvalue weighted by Crippen LogP contribution is 2.59. The summed E-state index contributed by atoms with van der Waals surface area (Å²) in [5.74, 6) is 0. The highest BCUT2D eigenvalue weighted by molar-refractivity contribution is 6.33. The summed E-state index contributed by atoms with van der Waals surface area (Å²) in [5, 5.41) is 0.811. The number of allylic oxidation sites excluding steroid dienone is 1. The van der Waals surface area contributed by atoms with Gasteiger partial charge in [0.1, 0.15) is 0 Å². The van der Waals surface area contributed by atoms with Crippen LogP contribution in [-0.2, 0) is 5.41 Å². The van der Waals surface area contributed by atoms with Crippen LogP contribution in [-0.4, -0.2) is 0 Å². The minimum absolute atomic E-state index is 0.293. The zero-order valence-corrected chi connectivity index (χ0v) is 15.9. The summed E-state index contributed by atoms with van der Waals surface area (Å²) < 4.78 is 0. The minimum atomic E-state index is -0.293. The van der Waals surface area contributed by atoms with Gasteiger partial charge >= 0.3 is 0 Å². The first-order chi connectivity index (χ1) is 13.8. The largest absolute Gasteiger partial charge is 0.0837 e. The summed E-state index contributed by atoms with van der Waals surface area (Å²) in [6.45, 7) is 0. The molecular weight excluding hydrogens is 360 g/mol. The molecule has 28 heavy (non-hydrogen) atoms. The monoisotopic (exact) mass is 376 g/mol. The molecule has 132 valence electrons. The standard InChI is InChI=1S/C27H17Cl/c28-25-16-8-15-24-26(25)21(18-9-2-1-3-10-18)17-27(24)22-13-6-4-11-19(22)20-12-5-7-14-23(20)27/h1-17H. The van der Waals surface area contributed by atoms with Crippen LogP contribution in [0.4, 0.5) is 0 Å². The zero-order chi connectivity index (χ0) is 18.7. The molecule has 0 nitrogen and oxygen atoms in total. The van der Waals surface area contributed by atoms with E-state index in [1.165, 1.54) is 39.0 Å². The van der Waals surface area contributed by atoms with Gasteiger partial charge < -0.3 is 0 Å². The van der Waals surface area contributed by atoms with Crippen molar-refractivity contribution in [3.8, 4) is 11.1 Å². The maximum atomic E-state index is 6.79. The Hall–Kier alpha value is -3.09. The van der Waals surface area contributed by atoms with E-state index in [1.807, 2.05) is 6.07 Å². The van der Waals surface area contributed by atoms with E-state index in [-0.39, 0.29) is 5.41 Å². The number of hydrogen-bond donors (Lipinski definition) is 0. The fraction of sp³-hybridized carbons (Fsp3) is 0.0370. The van der Waals surface area contributed by atoms with Gasteiger partial charge in [0.15, 0.2) is 0 Å². The lowest BCUT2D eigenvalue weighted by molar-refractivity contribution is 0.821. The Morgan fingerprint density at radius 3 is 1.79 bits per heavy atom. The molecule has 0 atom stereocenters. The van der Waals surface area contributed by atoms with Gasteiger partial charge in [-0.3, -0.25) is 0 Å². The van der Waals surface area contributed by atoms with Crippen molar-refractivity contribution in [2.75, 3.05) is 0 Å². The Morgan fingerprint density at radius 2 is 1.11 bits per heavy atom. The molecule has 0 aromatic heterocycles. The van der Waals surface area contributed by atoms with E-state index in [0.29, 0.717) is 0 Å². The third kappa shape index (κ3) is 1.91. The summed E-state index contributed by atoms with van der Waals surface area (Å²) in [7, 11) is 0. The quantitative estimate of drug-likeness (QED) is 0.332. The van der Waals surface area contributed by atoms with Gasteiger partial charge in [0, 0.05) is 10.6 Å². The average molecular weight is 377 g/mol. The molecule has 0 radical (unpaired) electrons. The van der Waals surface area contributed by atoms with Crippen LogP contribution in [0.25, 0.3) is 16.7 Å². The van der Waals surface area contributed by atoms with Crippen LogP contribution in [0.3, 0.4) is 0 Å². The fourth-order valence-electron chi connectivity index (χ4n) is 5.05. The van der Waals surface area contributed by atoms with E-state index >= 15 is 0 Å². The van der Waals surface area contributed by atoms with Crippen molar-refractivity contribution in [2.24, 2.45) is 0 Å². The van der Waals surface area contributed by atoms with E-state index in [1.54, 1.807) is 0 Å². The number of rotatable bonds is 1. The van der Waals surface area contributed by atoms with E-state index in [2.05, 4.69) is 97.1 Å². The van der Waals surface area contributed by atoms with Gasteiger partial charge in [-0.25, -0.2) is 0 Å².